The van der Waals surface area contributed by atoms with E-state index in [1.165, 1.54) is 31.5 Å². The first kappa shape index (κ1) is 24.2. The molecule has 1 amide bonds. The van der Waals surface area contributed by atoms with E-state index < -0.39 is 0 Å². The summed E-state index contributed by atoms with van der Waals surface area (Å²) in [5.74, 6) is 2.16. The van der Waals surface area contributed by atoms with Crippen LogP contribution in [0.4, 0.5) is 0 Å². The topological polar surface area (TPSA) is 74.5 Å². The Balaban J connectivity index is 1.08. The minimum atomic E-state index is -0.0104. The maximum Gasteiger partial charge on any atom is 0.241 e. The van der Waals surface area contributed by atoms with Crippen LogP contribution in [0.1, 0.15) is 49.6 Å². The van der Waals surface area contributed by atoms with Crippen molar-refractivity contribution in [3.05, 3.63) is 58.8 Å². The molecule has 35 heavy (non-hydrogen) atoms. The van der Waals surface area contributed by atoms with Crippen LogP contribution in [-0.4, -0.2) is 52.0 Å². The second kappa shape index (κ2) is 11.5. The fourth-order valence-electron chi connectivity index (χ4n) is 5.21. The molecule has 1 N–H and O–H groups in total. The van der Waals surface area contributed by atoms with Gasteiger partial charge in [0.2, 0.25) is 17.6 Å². The third kappa shape index (κ3) is 6.57. The second-order valence-corrected chi connectivity index (χ2v) is 11.0. The number of nitrogens with zero attached hydrogens (tertiary/aromatic N) is 4. The first-order valence-electron chi connectivity index (χ1n) is 12.8. The molecule has 4 heterocycles. The average Bonchev–Trinajstić information content (AvgIpc) is 3.56. The molecule has 0 saturated carbocycles. The van der Waals surface area contributed by atoms with E-state index in [9.17, 15) is 4.79 Å². The number of carbonyl (C=O) groups is 1. The number of hydrogen-bond donors (Lipinski definition) is 1. The minimum Gasteiger partial charge on any atom is -0.352 e. The number of hydrogen-bond acceptors (Lipinski definition) is 7. The number of carbonyl (C=O) groups excluding carboxylic acids is 1. The molecule has 3 aromatic rings. The Kier molecular flexibility index (Phi) is 7.91. The minimum absolute atomic E-state index is 0.0104. The van der Waals surface area contributed by atoms with Gasteiger partial charge in [-0.1, -0.05) is 42.4 Å². The van der Waals surface area contributed by atoms with Gasteiger partial charge in [0.25, 0.3) is 0 Å². The summed E-state index contributed by atoms with van der Waals surface area (Å²) < 4.78 is 5.46. The van der Waals surface area contributed by atoms with Gasteiger partial charge >= 0.3 is 0 Å². The fraction of sp³-hybridized carbons (Fsp3) is 0.519. The summed E-state index contributed by atoms with van der Waals surface area (Å²) in [6, 6.07) is 12.7. The molecule has 2 unspecified atom stereocenters. The van der Waals surface area contributed by atoms with Crippen LogP contribution in [-0.2, 0) is 24.4 Å². The molecule has 2 fully saturated rings. The van der Waals surface area contributed by atoms with E-state index in [2.05, 4.69) is 56.4 Å². The molecule has 2 aliphatic rings. The first-order valence-corrected chi connectivity index (χ1v) is 13.7. The summed E-state index contributed by atoms with van der Waals surface area (Å²) in [6.45, 7) is 8.57. The molecule has 2 aliphatic heterocycles. The predicted molar refractivity (Wildman–Crippen MR) is 138 cm³/mol. The van der Waals surface area contributed by atoms with Gasteiger partial charge in [0.15, 0.2) is 0 Å². The molecule has 2 saturated heterocycles. The monoisotopic (exact) mass is 493 g/mol. The van der Waals surface area contributed by atoms with Gasteiger partial charge in [0.1, 0.15) is 0 Å². The zero-order valence-electron chi connectivity index (χ0n) is 20.5. The summed E-state index contributed by atoms with van der Waals surface area (Å²) in [5, 5.41) is 9.26. The number of likely N-dealkylation sites (tertiary alicyclic amines) is 2. The van der Waals surface area contributed by atoms with Crippen molar-refractivity contribution >= 4 is 17.2 Å². The summed E-state index contributed by atoms with van der Waals surface area (Å²) in [7, 11) is 0. The molecule has 1 aromatic carbocycles. The van der Waals surface area contributed by atoms with E-state index >= 15 is 0 Å². The van der Waals surface area contributed by atoms with Crippen LogP contribution in [0.5, 0.6) is 0 Å². The molecule has 5 rings (SSSR count). The maximum atomic E-state index is 12.9. The highest BCUT2D eigenvalue weighted by Crippen LogP contribution is 2.23. The average molecular weight is 494 g/mol. The van der Waals surface area contributed by atoms with Crippen LogP contribution in [0.3, 0.4) is 0 Å². The lowest BCUT2D eigenvalue weighted by Gasteiger charge is -2.31. The Morgan fingerprint density at radius 2 is 1.83 bits per heavy atom. The van der Waals surface area contributed by atoms with Crippen LogP contribution < -0.4 is 5.32 Å². The number of benzene rings is 1. The van der Waals surface area contributed by atoms with Crippen LogP contribution in [0.15, 0.2) is 46.3 Å². The number of rotatable bonds is 8. The largest absolute Gasteiger partial charge is 0.352 e. The predicted octanol–water partition coefficient (Wildman–Crippen LogP) is 4.56. The summed E-state index contributed by atoms with van der Waals surface area (Å²) in [5.41, 5.74) is 2.49. The van der Waals surface area contributed by atoms with E-state index in [1.54, 1.807) is 11.3 Å². The quantitative estimate of drug-likeness (QED) is 0.496. The van der Waals surface area contributed by atoms with Crippen LogP contribution in [0.2, 0.25) is 0 Å². The molecule has 0 spiro atoms. The van der Waals surface area contributed by atoms with Crippen LogP contribution in [0, 0.1) is 11.8 Å². The molecular weight excluding hydrogens is 458 g/mol. The summed E-state index contributed by atoms with van der Waals surface area (Å²) >= 11 is 1.60. The smallest absolute Gasteiger partial charge is 0.241 e. The van der Waals surface area contributed by atoms with Gasteiger partial charge in [-0.15, -0.1) is 11.3 Å². The lowest BCUT2D eigenvalue weighted by atomic mass is 9.97. The molecular formula is C27H35N5O2S. The van der Waals surface area contributed by atoms with Crippen molar-refractivity contribution in [1.29, 1.82) is 0 Å². The lowest BCUT2D eigenvalue weighted by Crippen LogP contribution is -2.42. The van der Waals surface area contributed by atoms with Gasteiger partial charge in [-0.05, 0) is 67.3 Å². The Morgan fingerprint density at radius 3 is 2.60 bits per heavy atom. The molecule has 2 aromatic heterocycles. The standard InChI is InChI=1S/C27H35N5O2S/c1-20-5-2-12-31(16-20)17-22-10-8-21(9-11-22)15-28-27(33)23-6-3-13-32(18-23)19-25-29-26(30-34-25)24-7-4-14-35-24/h4,7-11,14,20,23H,2-3,5-6,12-13,15-19H2,1H3,(H,28,33). The number of thiophene rings is 1. The normalized spacial score (nSPS) is 21.7. The van der Waals surface area contributed by atoms with Crippen molar-refractivity contribution in [1.82, 2.24) is 25.3 Å². The van der Waals surface area contributed by atoms with E-state index in [0.717, 1.165) is 48.8 Å². The van der Waals surface area contributed by atoms with Crippen molar-refractivity contribution < 1.29 is 9.32 Å². The van der Waals surface area contributed by atoms with Crippen molar-refractivity contribution in [2.75, 3.05) is 26.2 Å². The van der Waals surface area contributed by atoms with Crippen molar-refractivity contribution in [2.24, 2.45) is 11.8 Å². The van der Waals surface area contributed by atoms with Crippen molar-refractivity contribution in [2.45, 2.75) is 52.2 Å². The highest BCUT2D eigenvalue weighted by atomic mass is 32.1. The number of piperidine rings is 2. The molecule has 2 atom stereocenters. The van der Waals surface area contributed by atoms with Gasteiger partial charge in [0, 0.05) is 26.2 Å². The SMILES string of the molecule is CC1CCCN(Cc2ccc(CNC(=O)C3CCCN(Cc4nc(-c5cccs5)no4)C3)cc2)C1. The van der Waals surface area contributed by atoms with Gasteiger partial charge in [0.05, 0.1) is 17.3 Å². The summed E-state index contributed by atoms with van der Waals surface area (Å²) in [4.78, 5) is 23.2. The Bertz CT molecular complexity index is 1080. The van der Waals surface area contributed by atoms with Gasteiger partial charge in [-0.25, -0.2) is 0 Å². The highest BCUT2D eigenvalue weighted by molar-refractivity contribution is 7.13. The lowest BCUT2D eigenvalue weighted by molar-refractivity contribution is -0.127. The van der Waals surface area contributed by atoms with Crippen LogP contribution in [0.25, 0.3) is 10.7 Å². The number of aromatic nitrogens is 2. The second-order valence-electron chi connectivity index (χ2n) is 10.1. The Morgan fingerprint density at radius 1 is 1.06 bits per heavy atom. The third-order valence-electron chi connectivity index (χ3n) is 7.08. The molecule has 0 aliphatic carbocycles. The van der Waals surface area contributed by atoms with E-state index in [0.29, 0.717) is 24.8 Å². The third-order valence-corrected chi connectivity index (χ3v) is 7.95. The maximum absolute atomic E-state index is 12.9. The molecule has 186 valence electrons. The number of amides is 1. The molecule has 8 heteroatoms. The zero-order chi connectivity index (χ0) is 24.0. The molecule has 7 nitrogen and oxygen atoms in total. The zero-order valence-corrected chi connectivity index (χ0v) is 21.3. The molecule has 0 radical (unpaired) electrons. The van der Waals surface area contributed by atoms with Gasteiger partial charge in [-0.3, -0.25) is 14.6 Å². The highest BCUT2D eigenvalue weighted by Gasteiger charge is 2.27. The van der Waals surface area contributed by atoms with Crippen molar-refractivity contribution in [3.63, 3.8) is 0 Å². The van der Waals surface area contributed by atoms with E-state index in [1.807, 2.05) is 17.5 Å². The first-order chi connectivity index (χ1) is 17.1. The van der Waals surface area contributed by atoms with Gasteiger partial charge < -0.3 is 9.84 Å². The number of nitrogens with one attached hydrogen (secondary N) is 1. The van der Waals surface area contributed by atoms with Gasteiger partial charge in [-0.2, -0.15) is 4.98 Å². The fourth-order valence-corrected chi connectivity index (χ4v) is 5.86. The van der Waals surface area contributed by atoms with E-state index in [4.69, 9.17) is 4.52 Å². The van der Waals surface area contributed by atoms with Crippen molar-refractivity contribution in [3.8, 4) is 10.7 Å². The summed E-state index contributed by atoms with van der Waals surface area (Å²) in [6.07, 6.45) is 4.56. The Labute approximate surface area is 211 Å². The van der Waals surface area contributed by atoms with E-state index in [-0.39, 0.29) is 11.8 Å². The Hall–Kier alpha value is -2.55. The molecule has 0 bridgehead atoms. The van der Waals surface area contributed by atoms with Crippen LogP contribution >= 0.6 is 11.3 Å².